The Bertz CT molecular complexity index is 1610. The zero-order valence-corrected chi connectivity index (χ0v) is 25.3. The SMILES string of the molecule is Cc1c(NC(=O)c2ccc(C(C)(C)C)cc2)cccc1-c1cn(C)c(=O)c(Nc2ccc(CN3CCCCC3)cc2)n1. The van der Waals surface area contributed by atoms with Gasteiger partial charge in [-0.2, -0.15) is 0 Å². The molecule has 7 heteroatoms. The average molecular weight is 564 g/mol. The molecule has 1 amide bonds. The summed E-state index contributed by atoms with van der Waals surface area (Å²) in [5.41, 5.74) is 6.71. The number of likely N-dealkylation sites (tertiary alicyclic amines) is 1. The fourth-order valence-electron chi connectivity index (χ4n) is 5.39. The normalized spacial score (nSPS) is 14.0. The maximum Gasteiger partial charge on any atom is 0.293 e. The van der Waals surface area contributed by atoms with E-state index < -0.39 is 0 Å². The molecule has 1 saturated heterocycles. The summed E-state index contributed by atoms with van der Waals surface area (Å²) in [5.74, 6) is 0.0850. The fraction of sp³-hybridized carbons (Fsp3) is 0.343. The summed E-state index contributed by atoms with van der Waals surface area (Å²) in [4.78, 5) is 33.3. The van der Waals surface area contributed by atoms with Crippen molar-refractivity contribution >= 4 is 23.1 Å². The smallest absolute Gasteiger partial charge is 0.293 e. The molecule has 4 aromatic rings. The average Bonchev–Trinajstić information content (AvgIpc) is 2.97. The summed E-state index contributed by atoms with van der Waals surface area (Å²) < 4.78 is 1.54. The van der Waals surface area contributed by atoms with Crippen LogP contribution in [-0.2, 0) is 19.0 Å². The van der Waals surface area contributed by atoms with Crippen molar-refractivity contribution in [2.75, 3.05) is 23.7 Å². The first-order valence-corrected chi connectivity index (χ1v) is 14.8. The standard InChI is InChI=1S/C35H41N5O2/c1-24-29(10-9-11-30(24)38-33(41)26-14-16-27(17-15-26)35(2,3)4)31-23-39(5)34(42)32(37-31)36-28-18-12-25(13-19-28)22-40-20-7-6-8-21-40/h9-19,23H,6-8,20-22H2,1-5H3,(H,36,37)(H,38,41). The Kier molecular flexibility index (Phi) is 8.59. The van der Waals surface area contributed by atoms with Gasteiger partial charge in [0.15, 0.2) is 5.82 Å². The summed E-state index contributed by atoms with van der Waals surface area (Å²) >= 11 is 0. The van der Waals surface area contributed by atoms with Gasteiger partial charge in [-0.15, -0.1) is 0 Å². The van der Waals surface area contributed by atoms with E-state index in [0.717, 1.165) is 36.4 Å². The van der Waals surface area contributed by atoms with Crippen LogP contribution < -0.4 is 16.2 Å². The number of amides is 1. The lowest BCUT2D eigenvalue weighted by molar-refractivity contribution is 0.102. The molecule has 2 N–H and O–H groups in total. The molecule has 1 aliphatic rings. The van der Waals surface area contributed by atoms with Crippen molar-refractivity contribution in [3.05, 3.63) is 106 Å². The third-order valence-electron chi connectivity index (χ3n) is 8.01. The Morgan fingerprint density at radius 1 is 0.929 bits per heavy atom. The van der Waals surface area contributed by atoms with E-state index in [4.69, 9.17) is 4.98 Å². The van der Waals surface area contributed by atoms with E-state index >= 15 is 0 Å². The van der Waals surface area contributed by atoms with E-state index in [1.807, 2.05) is 61.5 Å². The first-order valence-electron chi connectivity index (χ1n) is 14.8. The molecular formula is C35H41N5O2. The molecule has 0 bridgehead atoms. The monoisotopic (exact) mass is 563 g/mol. The molecule has 218 valence electrons. The van der Waals surface area contributed by atoms with E-state index in [1.54, 1.807) is 13.2 Å². The number of piperidine rings is 1. The van der Waals surface area contributed by atoms with Crippen LogP contribution in [0.5, 0.6) is 0 Å². The molecule has 0 aliphatic carbocycles. The fourth-order valence-corrected chi connectivity index (χ4v) is 5.39. The van der Waals surface area contributed by atoms with E-state index in [2.05, 4.69) is 48.4 Å². The topological polar surface area (TPSA) is 79.3 Å². The van der Waals surface area contributed by atoms with Crippen molar-refractivity contribution in [2.24, 2.45) is 7.05 Å². The van der Waals surface area contributed by atoms with Crippen molar-refractivity contribution in [3.63, 3.8) is 0 Å². The van der Waals surface area contributed by atoms with Gasteiger partial charge in [0.05, 0.1) is 5.69 Å². The number of carbonyl (C=O) groups is 1. The predicted octanol–water partition coefficient (Wildman–Crippen LogP) is 7.04. The second kappa shape index (κ2) is 12.3. The van der Waals surface area contributed by atoms with Crippen LogP contribution in [0.4, 0.5) is 17.2 Å². The number of hydrogen-bond acceptors (Lipinski definition) is 5. The van der Waals surface area contributed by atoms with E-state index in [9.17, 15) is 9.59 Å². The highest BCUT2D eigenvalue weighted by Gasteiger charge is 2.17. The van der Waals surface area contributed by atoms with Gasteiger partial charge in [-0.25, -0.2) is 4.98 Å². The molecule has 0 atom stereocenters. The van der Waals surface area contributed by atoms with E-state index in [1.165, 1.54) is 35.0 Å². The van der Waals surface area contributed by atoms with Gasteiger partial charge in [-0.1, -0.05) is 63.6 Å². The number of rotatable bonds is 7. The Morgan fingerprint density at radius 2 is 1.62 bits per heavy atom. The molecule has 7 nitrogen and oxygen atoms in total. The van der Waals surface area contributed by atoms with E-state index in [-0.39, 0.29) is 22.7 Å². The molecule has 1 aromatic heterocycles. The second-order valence-electron chi connectivity index (χ2n) is 12.3. The van der Waals surface area contributed by atoms with Crippen LogP contribution in [0.15, 0.2) is 77.7 Å². The lowest BCUT2D eigenvalue weighted by atomic mass is 9.86. The van der Waals surface area contributed by atoms with Crippen LogP contribution in [0.1, 0.15) is 67.1 Å². The molecule has 0 saturated carbocycles. The number of carbonyl (C=O) groups excluding carboxylic acids is 1. The molecule has 0 radical (unpaired) electrons. The van der Waals surface area contributed by atoms with Gasteiger partial charge in [0.1, 0.15) is 0 Å². The van der Waals surface area contributed by atoms with Crippen molar-refractivity contribution in [3.8, 4) is 11.3 Å². The zero-order chi connectivity index (χ0) is 29.9. The van der Waals surface area contributed by atoms with Gasteiger partial charge in [-0.3, -0.25) is 14.5 Å². The van der Waals surface area contributed by atoms with Gasteiger partial charge < -0.3 is 15.2 Å². The lowest BCUT2D eigenvalue weighted by Crippen LogP contribution is -2.29. The highest BCUT2D eigenvalue weighted by molar-refractivity contribution is 6.05. The molecular weight excluding hydrogens is 522 g/mol. The number of anilines is 3. The van der Waals surface area contributed by atoms with Crippen LogP contribution in [0.25, 0.3) is 11.3 Å². The van der Waals surface area contributed by atoms with Crippen molar-refractivity contribution in [1.29, 1.82) is 0 Å². The minimum absolute atomic E-state index is 0.0206. The Morgan fingerprint density at radius 3 is 2.29 bits per heavy atom. The number of aryl methyl sites for hydroxylation is 1. The predicted molar refractivity (Wildman–Crippen MR) is 172 cm³/mol. The molecule has 1 aliphatic heterocycles. The number of benzene rings is 3. The van der Waals surface area contributed by atoms with Crippen LogP contribution >= 0.6 is 0 Å². The van der Waals surface area contributed by atoms with Crippen LogP contribution in [-0.4, -0.2) is 33.4 Å². The first kappa shape index (κ1) is 29.3. The quantitative estimate of drug-likeness (QED) is 0.252. The maximum absolute atomic E-state index is 13.1. The van der Waals surface area contributed by atoms with Crippen LogP contribution in [0, 0.1) is 6.92 Å². The van der Waals surface area contributed by atoms with E-state index in [0.29, 0.717) is 16.9 Å². The maximum atomic E-state index is 13.1. The van der Waals surface area contributed by atoms with Crippen molar-refractivity contribution in [1.82, 2.24) is 14.5 Å². The molecule has 2 heterocycles. The first-order chi connectivity index (χ1) is 20.1. The van der Waals surface area contributed by atoms with Crippen molar-refractivity contribution in [2.45, 2.75) is 58.9 Å². The number of nitrogens with zero attached hydrogens (tertiary/aromatic N) is 3. The van der Waals surface area contributed by atoms with Crippen molar-refractivity contribution < 1.29 is 4.79 Å². The molecule has 1 fully saturated rings. The van der Waals surface area contributed by atoms with Gasteiger partial charge >= 0.3 is 0 Å². The Balaban J connectivity index is 1.34. The summed E-state index contributed by atoms with van der Waals surface area (Å²) in [6.45, 7) is 11.7. The van der Waals surface area contributed by atoms with Gasteiger partial charge in [-0.05, 0) is 85.3 Å². The molecule has 42 heavy (non-hydrogen) atoms. The number of aromatic nitrogens is 2. The highest BCUT2D eigenvalue weighted by Crippen LogP contribution is 2.29. The van der Waals surface area contributed by atoms with Gasteiger partial charge in [0.2, 0.25) is 0 Å². The second-order valence-corrected chi connectivity index (χ2v) is 12.3. The largest absolute Gasteiger partial charge is 0.336 e. The van der Waals surface area contributed by atoms with Gasteiger partial charge in [0, 0.05) is 42.3 Å². The number of nitrogens with one attached hydrogen (secondary N) is 2. The molecule has 0 spiro atoms. The minimum Gasteiger partial charge on any atom is -0.336 e. The molecule has 0 unspecified atom stereocenters. The Labute approximate surface area is 248 Å². The lowest BCUT2D eigenvalue weighted by Gasteiger charge is -2.26. The summed E-state index contributed by atoms with van der Waals surface area (Å²) in [6, 6.07) is 21.7. The zero-order valence-electron chi connectivity index (χ0n) is 25.3. The Hall–Kier alpha value is -4.23. The molecule has 3 aromatic carbocycles. The highest BCUT2D eigenvalue weighted by atomic mass is 16.1. The van der Waals surface area contributed by atoms with Crippen LogP contribution in [0.2, 0.25) is 0 Å². The molecule has 5 rings (SSSR count). The van der Waals surface area contributed by atoms with Gasteiger partial charge in [0.25, 0.3) is 11.5 Å². The van der Waals surface area contributed by atoms with Crippen LogP contribution in [0.3, 0.4) is 0 Å². The summed E-state index contributed by atoms with van der Waals surface area (Å²) in [7, 11) is 1.72. The minimum atomic E-state index is -0.211. The third kappa shape index (κ3) is 6.80. The summed E-state index contributed by atoms with van der Waals surface area (Å²) in [5, 5.41) is 6.28. The third-order valence-corrected chi connectivity index (χ3v) is 8.01. The number of hydrogen-bond donors (Lipinski definition) is 2. The summed E-state index contributed by atoms with van der Waals surface area (Å²) in [6.07, 6.45) is 5.59.